The fourth-order valence-electron chi connectivity index (χ4n) is 3.87. The van der Waals surface area contributed by atoms with Gasteiger partial charge in [0.1, 0.15) is 11.8 Å². The monoisotopic (exact) mass is 582 g/mol. The zero-order valence-corrected chi connectivity index (χ0v) is 22.6. The molecule has 0 aliphatic heterocycles. The Hall–Kier alpha value is -2.73. The van der Waals surface area contributed by atoms with Crippen molar-refractivity contribution < 1.29 is 27.9 Å². The van der Waals surface area contributed by atoms with Gasteiger partial charge < -0.3 is 24.3 Å². The number of ether oxygens (including phenoxy) is 2. The molecule has 36 heavy (non-hydrogen) atoms. The summed E-state index contributed by atoms with van der Waals surface area (Å²) in [6.07, 6.45) is 3.18. The van der Waals surface area contributed by atoms with Crippen LogP contribution < -0.4 is 20.1 Å². The lowest BCUT2D eigenvalue weighted by Gasteiger charge is -2.36. The van der Waals surface area contributed by atoms with E-state index in [-0.39, 0.29) is 24.5 Å². The van der Waals surface area contributed by atoms with Crippen LogP contribution in [0.5, 0.6) is 11.6 Å². The fourth-order valence-corrected chi connectivity index (χ4v) is 5.70. The van der Waals surface area contributed by atoms with Crippen molar-refractivity contribution >= 4 is 46.8 Å². The summed E-state index contributed by atoms with van der Waals surface area (Å²) in [5, 5.41) is 2.66. The van der Waals surface area contributed by atoms with Crippen LogP contribution in [0.25, 0.3) is 11.2 Å². The summed E-state index contributed by atoms with van der Waals surface area (Å²) in [7, 11) is -2.64. The highest BCUT2D eigenvalue weighted by molar-refractivity contribution is 9.10. The Morgan fingerprint density at radius 1 is 1.31 bits per heavy atom. The number of benzene rings is 1. The largest absolute Gasteiger partial charge is 0.476 e. The quantitative estimate of drug-likeness (QED) is 0.250. The third kappa shape index (κ3) is 5.97. The number of nitrogens with zero attached hydrogens (tertiary/aromatic N) is 4. The van der Waals surface area contributed by atoms with Gasteiger partial charge in [-0.05, 0) is 56.9 Å². The molecule has 0 spiro atoms. The molecule has 1 aliphatic rings. The van der Waals surface area contributed by atoms with E-state index in [1.807, 2.05) is 11.5 Å². The van der Waals surface area contributed by atoms with Crippen molar-refractivity contribution in [3.8, 4) is 11.6 Å². The minimum atomic E-state index is -3.89. The number of imidazole rings is 1. The predicted molar refractivity (Wildman–Crippen MR) is 136 cm³/mol. The minimum Gasteiger partial charge on any atom is -0.476 e. The number of aromatic nitrogens is 4. The van der Waals surface area contributed by atoms with Gasteiger partial charge in [0.25, 0.3) is 0 Å². The molecule has 0 saturated heterocycles. The summed E-state index contributed by atoms with van der Waals surface area (Å²) < 4.78 is 38.0. The lowest BCUT2D eigenvalue weighted by atomic mass is 9.81. The Kier molecular flexibility index (Phi) is 8.13. The molecule has 2 heterocycles. The molecule has 12 nitrogen and oxygen atoms in total. The van der Waals surface area contributed by atoms with Crippen LogP contribution in [0.3, 0.4) is 0 Å². The second-order valence-electron chi connectivity index (χ2n) is 8.35. The first kappa shape index (κ1) is 26.3. The number of hydrogen-bond acceptors (Lipinski definition) is 10. The molecule has 0 amide bonds. The van der Waals surface area contributed by atoms with Crippen LogP contribution >= 0.6 is 23.7 Å². The van der Waals surface area contributed by atoms with E-state index in [1.54, 1.807) is 30.6 Å². The molecule has 2 aromatic heterocycles. The molecule has 1 fully saturated rings. The van der Waals surface area contributed by atoms with Crippen LogP contribution in [-0.4, -0.2) is 51.9 Å². The van der Waals surface area contributed by atoms with Gasteiger partial charge in [-0.3, -0.25) is 9.32 Å². The van der Waals surface area contributed by atoms with Crippen LogP contribution in [0.1, 0.15) is 32.7 Å². The first-order valence-electron chi connectivity index (χ1n) is 11.4. The second-order valence-corrected chi connectivity index (χ2v) is 11.0. The van der Waals surface area contributed by atoms with E-state index in [1.165, 1.54) is 14.0 Å². The maximum absolute atomic E-state index is 13.5. The summed E-state index contributed by atoms with van der Waals surface area (Å²) in [6, 6.07) is 6.02. The van der Waals surface area contributed by atoms with Gasteiger partial charge in [-0.15, -0.1) is 0 Å². The molecular formula is C22H28BrN6O6P. The van der Waals surface area contributed by atoms with Crippen molar-refractivity contribution in [3.05, 3.63) is 35.1 Å². The van der Waals surface area contributed by atoms with Gasteiger partial charge in [0.05, 0.1) is 26.7 Å². The molecule has 4 rings (SSSR count). The fraction of sp³-hybridized carbons (Fsp3) is 0.455. The maximum Gasteiger partial charge on any atom is 0.459 e. The van der Waals surface area contributed by atoms with Crippen molar-refractivity contribution in [1.82, 2.24) is 24.6 Å². The normalized spacial score (nSPS) is 19.8. The standard InChI is InChI=1S/C22H28BrN6O6P/c1-4-33-20-18-19(26-22(24)27-20)29(12-25-18)16-9-14(10-16)11-34-36(31,28-13(2)21(30)32-3)35-17-7-5-15(23)6-8-17/h5-8,12-14,16H,4,9-11H2,1-3H3,(H,28,31)(H2,24,26,27)/t13-,14?,16?,36?/m0/s1. The highest BCUT2D eigenvalue weighted by Gasteiger charge is 2.37. The van der Waals surface area contributed by atoms with Crippen LogP contribution in [0.15, 0.2) is 35.1 Å². The molecule has 1 aliphatic carbocycles. The van der Waals surface area contributed by atoms with Crippen LogP contribution in [0.2, 0.25) is 0 Å². The number of carbonyl (C=O) groups excluding carboxylic acids is 1. The second kappa shape index (κ2) is 11.1. The number of hydrogen-bond donors (Lipinski definition) is 2. The molecule has 2 atom stereocenters. The Morgan fingerprint density at radius 3 is 2.69 bits per heavy atom. The zero-order chi connectivity index (χ0) is 25.9. The highest BCUT2D eigenvalue weighted by Crippen LogP contribution is 2.48. The summed E-state index contributed by atoms with van der Waals surface area (Å²) in [6.45, 7) is 3.99. The number of carbonyl (C=O) groups is 1. The van der Waals surface area contributed by atoms with E-state index in [0.717, 1.165) is 17.3 Å². The van der Waals surface area contributed by atoms with Gasteiger partial charge in [0, 0.05) is 10.5 Å². The molecule has 14 heteroatoms. The number of nitrogens with two attached hydrogens (primary N) is 1. The number of esters is 1. The number of anilines is 1. The highest BCUT2D eigenvalue weighted by atomic mass is 79.9. The van der Waals surface area contributed by atoms with E-state index >= 15 is 0 Å². The number of fused-ring (bicyclic) bond motifs is 1. The summed E-state index contributed by atoms with van der Waals surface area (Å²) in [5.41, 5.74) is 7.02. The average Bonchev–Trinajstić information content (AvgIpc) is 3.22. The van der Waals surface area contributed by atoms with Crippen molar-refractivity contribution in [1.29, 1.82) is 0 Å². The summed E-state index contributed by atoms with van der Waals surface area (Å²) in [4.78, 5) is 24.8. The van der Waals surface area contributed by atoms with E-state index in [0.29, 0.717) is 29.4 Å². The Balaban J connectivity index is 1.42. The van der Waals surface area contributed by atoms with Gasteiger partial charge >= 0.3 is 13.7 Å². The van der Waals surface area contributed by atoms with Crippen LogP contribution in [0, 0.1) is 5.92 Å². The Labute approximate surface area is 216 Å². The first-order chi connectivity index (χ1) is 17.2. The molecule has 1 aromatic carbocycles. The molecular weight excluding hydrogens is 555 g/mol. The van der Waals surface area contributed by atoms with E-state index in [9.17, 15) is 9.36 Å². The molecule has 1 saturated carbocycles. The van der Waals surface area contributed by atoms with E-state index in [2.05, 4.69) is 36.0 Å². The smallest absolute Gasteiger partial charge is 0.459 e. The molecule has 194 valence electrons. The third-order valence-corrected chi connectivity index (χ3v) is 7.89. The Morgan fingerprint density at radius 2 is 2.03 bits per heavy atom. The van der Waals surface area contributed by atoms with Gasteiger partial charge in [-0.25, -0.2) is 9.55 Å². The molecule has 3 aromatic rings. The van der Waals surface area contributed by atoms with Gasteiger partial charge in [0.2, 0.25) is 11.8 Å². The van der Waals surface area contributed by atoms with Gasteiger partial charge in [-0.2, -0.15) is 15.1 Å². The van der Waals surface area contributed by atoms with Crippen molar-refractivity contribution in [2.75, 3.05) is 26.1 Å². The summed E-state index contributed by atoms with van der Waals surface area (Å²) >= 11 is 3.35. The van der Waals surface area contributed by atoms with E-state index < -0.39 is 19.8 Å². The number of rotatable bonds is 11. The number of nitrogens with one attached hydrogen (secondary N) is 1. The molecule has 0 bridgehead atoms. The van der Waals surface area contributed by atoms with Gasteiger partial charge in [0.15, 0.2) is 11.2 Å². The topological polar surface area (TPSA) is 153 Å². The van der Waals surface area contributed by atoms with Crippen LogP contribution in [-0.2, 0) is 18.6 Å². The molecule has 3 N–H and O–H groups in total. The van der Waals surface area contributed by atoms with Crippen LogP contribution in [0.4, 0.5) is 5.95 Å². The third-order valence-electron chi connectivity index (χ3n) is 5.72. The van der Waals surface area contributed by atoms with Crippen molar-refractivity contribution in [2.45, 2.75) is 38.8 Å². The first-order valence-corrected chi connectivity index (χ1v) is 13.7. The summed E-state index contributed by atoms with van der Waals surface area (Å²) in [5.74, 6) is 0.333. The zero-order valence-electron chi connectivity index (χ0n) is 20.1. The lowest BCUT2D eigenvalue weighted by Crippen LogP contribution is -2.36. The SMILES string of the molecule is CCOc1nc(N)nc2c1ncn2C1CC(COP(=O)(N[C@@H](C)C(=O)OC)Oc2ccc(Br)cc2)C1. The van der Waals surface area contributed by atoms with Crippen molar-refractivity contribution in [3.63, 3.8) is 0 Å². The number of methoxy groups -OCH3 is 1. The number of halogens is 1. The average molecular weight is 583 g/mol. The number of nitrogen functional groups attached to an aromatic ring is 1. The lowest BCUT2D eigenvalue weighted by molar-refractivity contribution is -0.142. The molecule has 0 radical (unpaired) electrons. The Bertz CT molecular complexity index is 1270. The van der Waals surface area contributed by atoms with Gasteiger partial charge in [-0.1, -0.05) is 15.9 Å². The van der Waals surface area contributed by atoms with E-state index in [4.69, 9.17) is 24.3 Å². The minimum absolute atomic E-state index is 0.107. The maximum atomic E-state index is 13.5. The van der Waals surface area contributed by atoms with Crippen molar-refractivity contribution in [2.24, 2.45) is 5.92 Å². The predicted octanol–water partition coefficient (Wildman–Crippen LogP) is 3.88. The molecule has 1 unspecified atom stereocenters.